The first-order chi connectivity index (χ1) is 7.74. The van der Waals surface area contributed by atoms with Gasteiger partial charge in [0.15, 0.2) is 0 Å². The third kappa shape index (κ3) is 1.95. The predicted octanol–water partition coefficient (Wildman–Crippen LogP) is 3.78. The molecule has 0 saturated heterocycles. The summed E-state index contributed by atoms with van der Waals surface area (Å²) in [5, 5.41) is 1.93. The minimum atomic E-state index is -0.272. The van der Waals surface area contributed by atoms with Gasteiger partial charge in [-0.2, -0.15) is 0 Å². The molecule has 0 atom stereocenters. The number of ether oxygens (including phenoxy) is 1. The Kier molecular flexibility index (Phi) is 3.25. The summed E-state index contributed by atoms with van der Waals surface area (Å²) in [5.41, 5.74) is 0.612. The number of hydrogen-bond donors (Lipinski definition) is 0. The number of esters is 1. The van der Waals surface area contributed by atoms with Crippen LogP contribution in [-0.2, 0) is 4.74 Å². The molecule has 0 heterocycles. The number of hydrogen-bond acceptors (Lipinski definition) is 2. The maximum absolute atomic E-state index is 11.7. The zero-order valence-electron chi connectivity index (χ0n) is 8.87. The molecule has 0 unspecified atom stereocenters. The highest BCUT2D eigenvalue weighted by molar-refractivity contribution is 9.10. The first-order valence-electron chi connectivity index (χ1n) is 5.08. The van der Waals surface area contributed by atoms with Crippen LogP contribution in [0.5, 0.6) is 0 Å². The molecular weight excluding hydrogens is 268 g/mol. The summed E-state index contributed by atoms with van der Waals surface area (Å²) in [6.45, 7) is 2.20. The van der Waals surface area contributed by atoms with Gasteiger partial charge >= 0.3 is 5.97 Å². The summed E-state index contributed by atoms with van der Waals surface area (Å²) in [6, 6.07) is 11.4. The summed E-state index contributed by atoms with van der Waals surface area (Å²) in [6.07, 6.45) is 0. The largest absolute Gasteiger partial charge is 0.462 e. The average molecular weight is 279 g/mol. The maximum Gasteiger partial charge on any atom is 0.338 e. The van der Waals surface area contributed by atoms with E-state index in [-0.39, 0.29) is 5.97 Å². The molecular formula is C13H11BrO2. The monoisotopic (exact) mass is 278 g/mol. The van der Waals surface area contributed by atoms with Crippen molar-refractivity contribution in [3.63, 3.8) is 0 Å². The van der Waals surface area contributed by atoms with Crippen LogP contribution in [0.3, 0.4) is 0 Å². The zero-order valence-corrected chi connectivity index (χ0v) is 10.5. The van der Waals surface area contributed by atoms with E-state index >= 15 is 0 Å². The molecule has 0 aliphatic rings. The fourth-order valence-corrected chi connectivity index (χ4v) is 2.13. The molecule has 82 valence electrons. The van der Waals surface area contributed by atoms with Gasteiger partial charge in [0.1, 0.15) is 0 Å². The molecule has 2 rings (SSSR count). The van der Waals surface area contributed by atoms with Crippen LogP contribution in [0.1, 0.15) is 17.3 Å². The van der Waals surface area contributed by atoms with Gasteiger partial charge in [0.2, 0.25) is 0 Å². The van der Waals surface area contributed by atoms with Gasteiger partial charge in [-0.05, 0) is 29.8 Å². The van der Waals surface area contributed by atoms with Gasteiger partial charge in [-0.1, -0.05) is 40.2 Å². The first-order valence-corrected chi connectivity index (χ1v) is 5.87. The molecule has 0 fully saturated rings. The van der Waals surface area contributed by atoms with Crippen molar-refractivity contribution in [2.24, 2.45) is 0 Å². The fraction of sp³-hybridized carbons (Fsp3) is 0.154. The molecule has 0 saturated carbocycles. The molecule has 16 heavy (non-hydrogen) atoms. The van der Waals surface area contributed by atoms with Crippen LogP contribution >= 0.6 is 15.9 Å². The molecule has 0 aromatic heterocycles. The highest BCUT2D eigenvalue weighted by Crippen LogP contribution is 2.27. The molecule has 0 spiro atoms. The lowest BCUT2D eigenvalue weighted by Gasteiger charge is -2.07. The van der Waals surface area contributed by atoms with Gasteiger partial charge in [-0.3, -0.25) is 0 Å². The summed E-state index contributed by atoms with van der Waals surface area (Å²) in [4.78, 5) is 11.7. The van der Waals surface area contributed by atoms with Gasteiger partial charge in [0.25, 0.3) is 0 Å². The molecule has 0 radical (unpaired) electrons. The van der Waals surface area contributed by atoms with Crippen molar-refractivity contribution >= 4 is 32.7 Å². The lowest BCUT2D eigenvalue weighted by atomic mass is 10.0. The van der Waals surface area contributed by atoms with Crippen molar-refractivity contribution in [1.29, 1.82) is 0 Å². The quantitative estimate of drug-likeness (QED) is 0.782. The Labute approximate surface area is 102 Å². The molecule has 3 heteroatoms. The normalized spacial score (nSPS) is 10.4. The van der Waals surface area contributed by atoms with E-state index in [2.05, 4.69) is 15.9 Å². The molecule has 2 aromatic carbocycles. The molecule has 0 amide bonds. The van der Waals surface area contributed by atoms with Crippen LogP contribution < -0.4 is 0 Å². The zero-order chi connectivity index (χ0) is 11.5. The van der Waals surface area contributed by atoms with Gasteiger partial charge in [-0.15, -0.1) is 0 Å². The Morgan fingerprint density at radius 3 is 2.56 bits per heavy atom. The van der Waals surface area contributed by atoms with Crippen LogP contribution in [-0.4, -0.2) is 12.6 Å². The number of benzene rings is 2. The third-order valence-electron chi connectivity index (χ3n) is 2.37. The number of rotatable bonds is 2. The Balaban J connectivity index is 2.63. The highest BCUT2D eigenvalue weighted by Gasteiger charge is 2.11. The van der Waals surface area contributed by atoms with Crippen molar-refractivity contribution in [1.82, 2.24) is 0 Å². The summed E-state index contributed by atoms with van der Waals surface area (Å²) < 4.78 is 6.00. The van der Waals surface area contributed by atoms with Crippen molar-refractivity contribution < 1.29 is 9.53 Å². The second-order valence-corrected chi connectivity index (χ2v) is 4.22. The lowest BCUT2D eigenvalue weighted by molar-refractivity contribution is 0.0528. The molecule has 0 N–H and O–H groups in total. The Morgan fingerprint density at radius 2 is 1.88 bits per heavy atom. The van der Waals surface area contributed by atoms with Crippen molar-refractivity contribution in [3.05, 3.63) is 46.4 Å². The average Bonchev–Trinajstić information content (AvgIpc) is 2.30. The van der Waals surface area contributed by atoms with Gasteiger partial charge in [0, 0.05) is 4.47 Å². The Bertz CT molecular complexity index is 534. The molecule has 0 aliphatic heterocycles. The molecule has 2 aromatic rings. The number of fused-ring (bicyclic) bond motifs is 1. The van der Waals surface area contributed by atoms with E-state index < -0.39 is 0 Å². The van der Waals surface area contributed by atoms with Crippen molar-refractivity contribution in [2.75, 3.05) is 6.61 Å². The Morgan fingerprint density at radius 1 is 1.19 bits per heavy atom. The minimum Gasteiger partial charge on any atom is -0.462 e. The van der Waals surface area contributed by atoms with Gasteiger partial charge in [-0.25, -0.2) is 4.79 Å². The molecule has 0 aliphatic carbocycles. The summed E-state index contributed by atoms with van der Waals surface area (Å²) in [7, 11) is 0. The van der Waals surface area contributed by atoms with E-state index in [4.69, 9.17) is 4.74 Å². The van der Waals surface area contributed by atoms with E-state index in [9.17, 15) is 4.79 Å². The molecule has 2 nitrogen and oxygen atoms in total. The van der Waals surface area contributed by atoms with E-state index in [0.717, 1.165) is 15.2 Å². The lowest BCUT2D eigenvalue weighted by Crippen LogP contribution is -2.05. The second kappa shape index (κ2) is 4.66. The van der Waals surface area contributed by atoms with E-state index in [1.165, 1.54) is 0 Å². The first kappa shape index (κ1) is 11.1. The van der Waals surface area contributed by atoms with Crippen LogP contribution in [0.15, 0.2) is 40.9 Å². The van der Waals surface area contributed by atoms with Gasteiger partial charge in [0.05, 0.1) is 12.2 Å². The maximum atomic E-state index is 11.7. The predicted molar refractivity (Wildman–Crippen MR) is 67.6 cm³/mol. The van der Waals surface area contributed by atoms with Crippen LogP contribution in [0.25, 0.3) is 10.8 Å². The highest BCUT2D eigenvalue weighted by atomic mass is 79.9. The van der Waals surface area contributed by atoms with Crippen molar-refractivity contribution in [2.45, 2.75) is 6.92 Å². The minimum absolute atomic E-state index is 0.272. The summed E-state index contributed by atoms with van der Waals surface area (Å²) in [5.74, 6) is -0.272. The molecule has 0 bridgehead atoms. The third-order valence-corrected chi connectivity index (χ3v) is 3.06. The van der Waals surface area contributed by atoms with E-state index in [0.29, 0.717) is 12.2 Å². The smallest absolute Gasteiger partial charge is 0.338 e. The SMILES string of the molecule is CCOC(=O)c1ccc(Br)c2ccccc12. The van der Waals surface area contributed by atoms with Gasteiger partial charge < -0.3 is 4.74 Å². The van der Waals surface area contributed by atoms with Crippen LogP contribution in [0.2, 0.25) is 0 Å². The number of carbonyl (C=O) groups is 1. The van der Waals surface area contributed by atoms with Crippen LogP contribution in [0, 0.1) is 0 Å². The number of carbonyl (C=O) groups excluding carboxylic acids is 1. The summed E-state index contributed by atoms with van der Waals surface area (Å²) >= 11 is 3.47. The van der Waals surface area contributed by atoms with E-state index in [1.807, 2.05) is 30.3 Å². The fourth-order valence-electron chi connectivity index (χ4n) is 1.65. The Hall–Kier alpha value is -1.35. The van der Waals surface area contributed by atoms with E-state index in [1.54, 1.807) is 13.0 Å². The van der Waals surface area contributed by atoms with Crippen LogP contribution in [0.4, 0.5) is 0 Å². The van der Waals surface area contributed by atoms with Crippen molar-refractivity contribution in [3.8, 4) is 0 Å². The standard InChI is InChI=1S/C13H11BrO2/c1-2-16-13(15)11-7-8-12(14)10-6-4-3-5-9(10)11/h3-8H,2H2,1H3. The second-order valence-electron chi connectivity index (χ2n) is 3.36. The number of halogens is 1. The topological polar surface area (TPSA) is 26.3 Å².